The van der Waals surface area contributed by atoms with Crippen LogP contribution in [-0.4, -0.2) is 96.0 Å². The quantitative estimate of drug-likeness (QED) is 0.783. The van der Waals surface area contributed by atoms with E-state index < -0.39 is 12.2 Å². The van der Waals surface area contributed by atoms with Gasteiger partial charge in [0.15, 0.2) is 18.2 Å². The number of urea groups is 1. The van der Waals surface area contributed by atoms with Gasteiger partial charge in [-0.1, -0.05) is 44.2 Å². The van der Waals surface area contributed by atoms with Crippen LogP contribution in [0.3, 0.4) is 0 Å². The SMILES string of the molecule is CC(C)CN1CCN(C2=NC3C(C(=O)NC(=O)N3C)N2CCc2ccccc2)CC1. The highest BCUT2D eigenvalue weighted by Crippen LogP contribution is 2.26. The van der Waals surface area contributed by atoms with E-state index in [0.717, 1.165) is 45.1 Å². The van der Waals surface area contributed by atoms with Crippen molar-refractivity contribution < 1.29 is 9.59 Å². The second kappa shape index (κ2) is 8.63. The van der Waals surface area contributed by atoms with Crippen LogP contribution in [0.4, 0.5) is 4.79 Å². The van der Waals surface area contributed by atoms with E-state index in [1.807, 2.05) is 18.2 Å². The molecule has 0 bridgehead atoms. The van der Waals surface area contributed by atoms with Crippen molar-refractivity contribution in [2.24, 2.45) is 10.9 Å². The molecule has 1 N–H and O–H groups in total. The lowest BCUT2D eigenvalue weighted by Gasteiger charge is -2.40. The Bertz CT molecular complexity index is 803. The molecule has 3 heterocycles. The van der Waals surface area contributed by atoms with Crippen LogP contribution < -0.4 is 5.32 Å². The van der Waals surface area contributed by atoms with Crippen molar-refractivity contribution in [3.8, 4) is 0 Å². The maximum atomic E-state index is 12.8. The van der Waals surface area contributed by atoms with Crippen LogP contribution in [0.25, 0.3) is 0 Å². The van der Waals surface area contributed by atoms with Gasteiger partial charge in [-0.25, -0.2) is 9.79 Å². The van der Waals surface area contributed by atoms with Gasteiger partial charge >= 0.3 is 6.03 Å². The summed E-state index contributed by atoms with van der Waals surface area (Å²) >= 11 is 0. The molecule has 30 heavy (non-hydrogen) atoms. The summed E-state index contributed by atoms with van der Waals surface area (Å²) in [5, 5.41) is 2.49. The molecule has 2 atom stereocenters. The topological polar surface area (TPSA) is 71.5 Å². The minimum atomic E-state index is -0.472. The minimum Gasteiger partial charge on any atom is -0.340 e. The average molecular weight is 413 g/mol. The molecule has 0 aliphatic carbocycles. The fraction of sp³-hybridized carbons (Fsp3) is 0.591. The van der Waals surface area contributed by atoms with Gasteiger partial charge in [-0.2, -0.15) is 0 Å². The molecule has 2 fully saturated rings. The summed E-state index contributed by atoms with van der Waals surface area (Å²) in [6.45, 7) is 10.0. The zero-order valence-corrected chi connectivity index (χ0v) is 18.1. The number of benzene rings is 1. The molecule has 0 radical (unpaired) electrons. The van der Waals surface area contributed by atoms with Gasteiger partial charge in [0.1, 0.15) is 0 Å². The summed E-state index contributed by atoms with van der Waals surface area (Å²) in [5.41, 5.74) is 1.22. The maximum Gasteiger partial charge on any atom is 0.325 e. The van der Waals surface area contributed by atoms with Crippen molar-refractivity contribution in [1.82, 2.24) is 24.9 Å². The number of imide groups is 1. The molecule has 0 spiro atoms. The maximum absolute atomic E-state index is 12.8. The van der Waals surface area contributed by atoms with E-state index in [1.54, 1.807) is 11.9 Å². The molecule has 8 nitrogen and oxygen atoms in total. The fourth-order valence-corrected chi connectivity index (χ4v) is 4.55. The zero-order chi connectivity index (χ0) is 21.3. The number of carbonyl (C=O) groups is 2. The number of rotatable bonds is 5. The molecule has 2 unspecified atom stereocenters. The molecule has 8 heteroatoms. The van der Waals surface area contributed by atoms with Crippen LogP contribution >= 0.6 is 0 Å². The molecule has 162 valence electrons. The number of guanidine groups is 1. The third-order valence-electron chi connectivity index (χ3n) is 6.10. The van der Waals surface area contributed by atoms with Gasteiger partial charge in [-0.3, -0.25) is 15.0 Å². The second-order valence-electron chi connectivity index (χ2n) is 8.80. The highest BCUT2D eigenvalue weighted by molar-refractivity contribution is 6.03. The van der Waals surface area contributed by atoms with Gasteiger partial charge in [-0.15, -0.1) is 0 Å². The van der Waals surface area contributed by atoms with Gasteiger partial charge in [0, 0.05) is 46.3 Å². The first-order valence-corrected chi connectivity index (χ1v) is 10.9. The summed E-state index contributed by atoms with van der Waals surface area (Å²) in [7, 11) is 1.71. The normalized spacial score (nSPS) is 24.9. The Morgan fingerprint density at radius 3 is 2.47 bits per heavy atom. The van der Waals surface area contributed by atoms with Crippen molar-refractivity contribution in [1.29, 1.82) is 0 Å². The van der Waals surface area contributed by atoms with E-state index in [2.05, 4.69) is 46.0 Å². The van der Waals surface area contributed by atoms with E-state index in [9.17, 15) is 9.59 Å². The van der Waals surface area contributed by atoms with Gasteiger partial charge in [0.05, 0.1) is 0 Å². The first-order valence-electron chi connectivity index (χ1n) is 10.9. The molecular weight excluding hydrogens is 380 g/mol. The van der Waals surface area contributed by atoms with E-state index in [-0.39, 0.29) is 11.9 Å². The number of aliphatic imine (C=N–C) groups is 1. The number of hydrogen-bond acceptors (Lipinski definition) is 6. The fourth-order valence-electron chi connectivity index (χ4n) is 4.55. The van der Waals surface area contributed by atoms with Crippen LogP contribution in [0.15, 0.2) is 35.3 Å². The Morgan fingerprint density at radius 1 is 1.10 bits per heavy atom. The van der Waals surface area contributed by atoms with E-state index in [0.29, 0.717) is 12.5 Å². The number of piperazine rings is 1. The Balaban J connectivity index is 1.52. The van der Waals surface area contributed by atoms with Crippen LogP contribution in [0.5, 0.6) is 0 Å². The van der Waals surface area contributed by atoms with E-state index in [4.69, 9.17) is 4.99 Å². The predicted molar refractivity (Wildman–Crippen MR) is 116 cm³/mol. The summed E-state index contributed by atoms with van der Waals surface area (Å²) in [6, 6.07) is 9.43. The lowest BCUT2D eigenvalue weighted by atomic mass is 10.1. The van der Waals surface area contributed by atoms with Gasteiger partial charge < -0.3 is 14.7 Å². The van der Waals surface area contributed by atoms with Gasteiger partial charge in [-0.05, 0) is 17.9 Å². The van der Waals surface area contributed by atoms with Crippen molar-refractivity contribution in [3.63, 3.8) is 0 Å². The number of fused-ring (bicyclic) bond motifs is 1. The number of likely N-dealkylation sites (N-methyl/N-ethyl adjacent to an activating group) is 1. The molecule has 3 aliphatic heterocycles. The summed E-state index contributed by atoms with van der Waals surface area (Å²) in [6.07, 6.45) is 0.354. The largest absolute Gasteiger partial charge is 0.340 e. The molecule has 1 aromatic carbocycles. The number of nitrogens with zero attached hydrogens (tertiary/aromatic N) is 5. The number of amides is 3. The van der Waals surface area contributed by atoms with E-state index in [1.165, 1.54) is 5.56 Å². The van der Waals surface area contributed by atoms with E-state index >= 15 is 0 Å². The number of nitrogens with one attached hydrogen (secondary N) is 1. The molecule has 0 saturated carbocycles. The molecule has 3 amide bonds. The summed E-state index contributed by atoms with van der Waals surface area (Å²) < 4.78 is 0. The van der Waals surface area contributed by atoms with Crippen LogP contribution in [0, 0.1) is 5.92 Å². The minimum absolute atomic E-state index is 0.256. The molecule has 3 aliphatic rings. The molecule has 1 aromatic rings. The molecular formula is C22H32N6O2. The standard InChI is InChI=1S/C22H32N6O2/c1-16(2)15-26-11-13-27(14-12-26)21-23-19-18(20(29)24-22(30)25(19)3)28(21)10-9-17-7-5-4-6-8-17/h4-8,16,18-19H,9-15H2,1-3H3,(H,24,29,30). The van der Waals surface area contributed by atoms with Crippen molar-refractivity contribution in [3.05, 3.63) is 35.9 Å². The highest BCUT2D eigenvalue weighted by Gasteiger charge is 2.49. The summed E-state index contributed by atoms with van der Waals surface area (Å²) in [4.78, 5) is 38.2. The van der Waals surface area contributed by atoms with Crippen molar-refractivity contribution in [2.75, 3.05) is 46.3 Å². The number of hydrogen-bond donors (Lipinski definition) is 1. The van der Waals surface area contributed by atoms with Crippen LogP contribution in [-0.2, 0) is 11.2 Å². The third kappa shape index (κ3) is 4.14. The molecule has 2 saturated heterocycles. The number of carbonyl (C=O) groups excluding carboxylic acids is 2. The Labute approximate surface area is 178 Å². The van der Waals surface area contributed by atoms with Crippen molar-refractivity contribution >= 4 is 17.9 Å². The predicted octanol–water partition coefficient (Wildman–Crippen LogP) is 1.05. The monoisotopic (exact) mass is 412 g/mol. The molecule has 0 aromatic heterocycles. The smallest absolute Gasteiger partial charge is 0.325 e. The second-order valence-corrected chi connectivity index (χ2v) is 8.80. The molecule has 4 rings (SSSR count). The lowest BCUT2D eigenvalue weighted by Crippen LogP contribution is -2.64. The van der Waals surface area contributed by atoms with Gasteiger partial charge in [0.25, 0.3) is 5.91 Å². The summed E-state index contributed by atoms with van der Waals surface area (Å²) in [5.74, 6) is 1.24. The third-order valence-corrected chi connectivity index (χ3v) is 6.10. The zero-order valence-electron chi connectivity index (χ0n) is 18.1. The Morgan fingerprint density at radius 2 is 1.80 bits per heavy atom. The van der Waals surface area contributed by atoms with Crippen LogP contribution in [0.2, 0.25) is 0 Å². The average Bonchev–Trinajstić information content (AvgIpc) is 3.12. The van der Waals surface area contributed by atoms with Crippen molar-refractivity contribution in [2.45, 2.75) is 32.5 Å². The Hall–Kier alpha value is -2.61. The highest BCUT2D eigenvalue weighted by atomic mass is 16.2. The lowest BCUT2D eigenvalue weighted by molar-refractivity contribution is -0.127. The van der Waals surface area contributed by atoms with Gasteiger partial charge in [0.2, 0.25) is 0 Å². The van der Waals surface area contributed by atoms with Crippen LogP contribution in [0.1, 0.15) is 19.4 Å². The first kappa shape index (κ1) is 20.7. The first-order chi connectivity index (χ1) is 14.4. The Kier molecular flexibility index (Phi) is 5.94.